The second-order valence-electron chi connectivity index (χ2n) is 31.9. The number of hydrogen-bond donors (Lipinski definition) is 9. The topological polar surface area (TPSA) is 426 Å². The highest BCUT2D eigenvalue weighted by Gasteiger charge is 2.46. The van der Waals surface area contributed by atoms with E-state index in [1.165, 1.54) is 44.6 Å². The van der Waals surface area contributed by atoms with Gasteiger partial charge in [-0.25, -0.2) is 28.6 Å². The number of aromatic nitrogens is 4. The SMILES string of the molecule is Cc1cc([C@H](C(=O)N2C[C@H](O)C[C@H]2C(=O)N[C@@H](CC(=O)NCCOCCOCCOCCOCCCCCCONC(=O)c2ccc(F)c(F)c2Nc2ccc(I)cc2F)c2ccc(-c3scnc3C)cc2)C(C)C)on1.Cc1cc([C@H](C(=O)N2C[C@H](O)C[C@H]2C(=O)N[C@@H](CC(=O)NCCOCCOCCOCCOCCN)c2ccc(-c3scnc3C)cc2)C(C)C)on1. The molecule has 33 nitrogen and oxygen atoms in total. The number of thiazole rings is 2. The van der Waals surface area contributed by atoms with Crippen LogP contribution in [0.1, 0.15) is 159 Å². The zero-order valence-electron chi connectivity index (χ0n) is 74.6. The van der Waals surface area contributed by atoms with Crippen LogP contribution in [0, 0.1) is 60.6 Å². The summed E-state index contributed by atoms with van der Waals surface area (Å²) in [6.07, 6.45) is 1.26. The van der Waals surface area contributed by atoms with E-state index in [0.717, 1.165) is 63.7 Å². The Bertz CT molecular complexity index is 4840. The van der Waals surface area contributed by atoms with Crippen LogP contribution in [0.3, 0.4) is 0 Å². The number of ether oxygens (including phenoxy) is 8. The number of carbonyl (C=O) groups excluding carboxylic acids is 7. The molecule has 2 aliphatic heterocycles. The van der Waals surface area contributed by atoms with Gasteiger partial charge in [-0.15, -0.1) is 22.7 Å². The van der Waals surface area contributed by atoms with Gasteiger partial charge in [0.15, 0.2) is 11.6 Å². The summed E-state index contributed by atoms with van der Waals surface area (Å²) in [5, 5.41) is 43.5. The van der Waals surface area contributed by atoms with Crippen molar-refractivity contribution in [3.05, 3.63) is 174 Å². The van der Waals surface area contributed by atoms with E-state index in [0.29, 0.717) is 143 Å². The minimum Gasteiger partial charge on any atom is -0.391 e. The number of hydroxylamine groups is 1. The monoisotopic (exact) mass is 1960 g/mol. The quantitative estimate of drug-likeness (QED) is 0.00971. The van der Waals surface area contributed by atoms with Crippen molar-refractivity contribution in [1.82, 2.24) is 56.8 Å². The summed E-state index contributed by atoms with van der Waals surface area (Å²) in [7, 11) is 0. The molecule has 710 valence electrons. The second kappa shape index (κ2) is 55.3. The fraction of sp³-hybridized carbons (Fsp3) is 0.527. The highest BCUT2D eigenvalue weighted by Crippen LogP contribution is 2.37. The predicted octanol–water partition coefficient (Wildman–Crippen LogP) is 10.7. The minimum atomic E-state index is -1.32. The van der Waals surface area contributed by atoms with Crippen molar-refractivity contribution in [1.29, 1.82) is 0 Å². The molecule has 0 spiro atoms. The third-order valence-electron chi connectivity index (χ3n) is 21.2. The molecule has 0 saturated carbocycles. The van der Waals surface area contributed by atoms with E-state index < -0.39 is 89.1 Å². The number of nitrogens with one attached hydrogen (secondary N) is 6. The molecule has 0 radical (unpaired) electrons. The fourth-order valence-electron chi connectivity index (χ4n) is 14.6. The first-order chi connectivity index (χ1) is 62.7. The molecule has 2 aliphatic rings. The molecular formula is C91H121F3IN13O20S2. The molecule has 0 aliphatic carbocycles. The Hall–Kier alpha value is -9.31. The lowest BCUT2D eigenvalue weighted by atomic mass is 9.91. The average molecular weight is 1970 g/mol. The van der Waals surface area contributed by atoms with Crippen LogP contribution in [0.4, 0.5) is 24.5 Å². The average Bonchev–Trinajstić information content (AvgIpc) is 1.68. The molecule has 4 aromatic heterocycles. The number of carbonyl (C=O) groups is 7. The predicted molar refractivity (Wildman–Crippen MR) is 488 cm³/mol. The Labute approximate surface area is 776 Å². The first-order valence-corrected chi connectivity index (χ1v) is 46.5. The molecule has 130 heavy (non-hydrogen) atoms. The fourth-order valence-corrected chi connectivity index (χ4v) is 16.6. The largest absolute Gasteiger partial charge is 0.391 e. The van der Waals surface area contributed by atoms with Gasteiger partial charge in [-0.3, -0.25) is 38.4 Å². The van der Waals surface area contributed by atoms with E-state index in [1.54, 1.807) is 43.1 Å². The standard InChI is InChI=1S/C54H67F3IN7O11S.C37H54N6O9S/c1-33(2)48(46-27-34(3)63-76-46)54(70)65-31-39(66)29-45(65)53(69)62-44(36-9-11-37(12-10-36)51-35(4)60-32-77-51)30-47(67)59-17-20-72-22-24-74-26-25-73-23-21-71-18-7-5-6-8-19-75-64-52(68)40-14-15-41(55)49(57)50(40)61-43-16-13-38(58)28-42(43)56;1-24(2)34(32-19-25(3)42-52-32)37(47)43-22-29(44)20-31(43)36(46)41-30(27-5-7-28(8-6-27)35-26(4)40-23-53-35)21-33(45)39-10-12-49-14-16-51-18-17-50-15-13-48-11-9-38/h9-16,27-28,32-33,39,44-45,48,61,66H,5-8,17-26,29-31H2,1-4H3,(H,59,67)(H,62,69)(H,64,68);5-8,19,23-24,29-31,34,44H,9-18,20-22,38H2,1-4H3,(H,39,45)(H,41,46)/t39-,44+,45+,48-;29-,30+,31+,34-/m11/s1. The van der Waals surface area contributed by atoms with Gasteiger partial charge in [0.1, 0.15) is 41.3 Å². The number of anilines is 2. The summed E-state index contributed by atoms with van der Waals surface area (Å²) >= 11 is 4.97. The molecular weight excluding hydrogens is 1840 g/mol. The lowest BCUT2D eigenvalue weighted by Crippen LogP contribution is -2.49. The summed E-state index contributed by atoms with van der Waals surface area (Å²) in [4.78, 5) is 114. The van der Waals surface area contributed by atoms with Gasteiger partial charge < -0.3 is 99.3 Å². The Kier molecular flexibility index (Phi) is 44.4. The van der Waals surface area contributed by atoms with Crippen molar-refractivity contribution in [2.24, 2.45) is 17.6 Å². The van der Waals surface area contributed by atoms with Crippen LogP contribution in [0.15, 0.2) is 111 Å². The molecule has 7 amide bonds. The molecule has 10 N–H and O–H groups in total. The van der Waals surface area contributed by atoms with E-state index in [-0.39, 0.29) is 118 Å². The maximum atomic E-state index is 14.7. The number of hydrogen-bond acceptors (Lipinski definition) is 28. The van der Waals surface area contributed by atoms with E-state index in [2.05, 4.69) is 52.3 Å². The normalized spacial score (nSPS) is 15.9. The summed E-state index contributed by atoms with van der Waals surface area (Å²) in [6.45, 7) is 22.5. The molecule has 2 fully saturated rings. The van der Waals surface area contributed by atoms with Crippen molar-refractivity contribution in [3.63, 3.8) is 0 Å². The van der Waals surface area contributed by atoms with Crippen molar-refractivity contribution in [2.45, 2.75) is 155 Å². The molecule has 0 bridgehead atoms. The van der Waals surface area contributed by atoms with Gasteiger partial charge in [0.05, 0.1) is 203 Å². The van der Waals surface area contributed by atoms with Crippen LogP contribution in [0.25, 0.3) is 20.9 Å². The zero-order valence-corrected chi connectivity index (χ0v) is 78.4. The first-order valence-electron chi connectivity index (χ1n) is 43.6. The van der Waals surface area contributed by atoms with Crippen LogP contribution < -0.4 is 37.8 Å². The molecule has 4 aromatic carbocycles. The van der Waals surface area contributed by atoms with Gasteiger partial charge in [-0.05, 0) is 128 Å². The third kappa shape index (κ3) is 33.2. The van der Waals surface area contributed by atoms with Gasteiger partial charge in [0.25, 0.3) is 5.91 Å². The molecule has 39 heteroatoms. The molecule has 10 rings (SSSR count). The maximum Gasteiger partial charge on any atom is 0.277 e. The maximum absolute atomic E-state index is 14.7. The lowest BCUT2D eigenvalue weighted by Gasteiger charge is -2.30. The molecule has 8 aromatic rings. The van der Waals surface area contributed by atoms with Gasteiger partial charge in [-0.2, -0.15) is 0 Å². The summed E-state index contributed by atoms with van der Waals surface area (Å²) in [5.41, 5.74) is 16.7. The Morgan fingerprint density at radius 2 is 0.938 bits per heavy atom. The number of amides is 7. The molecule has 2 saturated heterocycles. The number of nitrogens with zero attached hydrogens (tertiary/aromatic N) is 6. The summed E-state index contributed by atoms with van der Waals surface area (Å²) in [5.74, 6) is -7.15. The Morgan fingerprint density at radius 1 is 0.523 bits per heavy atom. The minimum absolute atomic E-state index is 0.00514. The highest BCUT2D eigenvalue weighted by molar-refractivity contribution is 14.1. The summed E-state index contributed by atoms with van der Waals surface area (Å²) in [6, 6.07) is 21.3. The van der Waals surface area contributed by atoms with Gasteiger partial charge >= 0.3 is 0 Å². The van der Waals surface area contributed by atoms with Crippen LogP contribution in [0.5, 0.6) is 0 Å². The zero-order chi connectivity index (χ0) is 93.4. The number of rotatable bonds is 55. The van der Waals surface area contributed by atoms with Crippen LogP contribution in [0.2, 0.25) is 0 Å². The van der Waals surface area contributed by atoms with E-state index >= 15 is 0 Å². The summed E-state index contributed by atoms with van der Waals surface area (Å²) < 4.78 is 98.8. The number of aliphatic hydroxyl groups excluding tert-OH is 2. The van der Waals surface area contributed by atoms with E-state index in [4.69, 9.17) is 57.5 Å². The number of aryl methyl sites for hydroxylation is 4. The van der Waals surface area contributed by atoms with Gasteiger partial charge in [-0.1, -0.05) is 99.4 Å². The second-order valence-corrected chi connectivity index (χ2v) is 34.9. The van der Waals surface area contributed by atoms with Crippen molar-refractivity contribution < 1.29 is 109 Å². The van der Waals surface area contributed by atoms with Crippen molar-refractivity contribution >= 4 is 98.0 Å². The first kappa shape index (κ1) is 104. The number of halogens is 4. The van der Waals surface area contributed by atoms with Crippen molar-refractivity contribution in [3.8, 4) is 20.9 Å². The van der Waals surface area contributed by atoms with Crippen molar-refractivity contribution in [2.75, 3.05) is 150 Å². The van der Waals surface area contributed by atoms with Gasteiger partial charge in [0, 0.05) is 67.9 Å². The number of unbranched alkanes of at least 4 members (excludes halogenated alkanes) is 3. The number of aliphatic hydroxyl groups is 2. The third-order valence-corrected chi connectivity index (χ3v) is 23.8. The molecule has 8 atom stereocenters. The Morgan fingerprint density at radius 3 is 1.33 bits per heavy atom. The van der Waals surface area contributed by atoms with E-state index in [9.17, 15) is 56.9 Å². The molecule has 0 unspecified atom stereocenters. The lowest BCUT2D eigenvalue weighted by molar-refractivity contribution is -0.141. The number of benzene rings is 4. The number of nitrogens with two attached hydrogens (primary N) is 1. The Balaban J connectivity index is 0.000000314. The number of β-amino-alcohol motifs (C(OH)–C–C–N with tert-alkyl or cyclic N) is 2. The van der Waals surface area contributed by atoms with Crippen LogP contribution in [-0.4, -0.2) is 251 Å². The van der Waals surface area contributed by atoms with E-state index in [1.807, 2.05) is 113 Å². The number of likely N-dealkylation sites (tertiary alicyclic amines) is 2. The molecule has 6 heterocycles. The smallest absolute Gasteiger partial charge is 0.277 e. The van der Waals surface area contributed by atoms with Crippen LogP contribution >= 0.6 is 45.3 Å². The highest BCUT2D eigenvalue weighted by atomic mass is 127. The van der Waals surface area contributed by atoms with Crippen LogP contribution in [-0.2, 0) is 71.5 Å². The van der Waals surface area contributed by atoms with Gasteiger partial charge in [0.2, 0.25) is 35.4 Å².